The van der Waals surface area contributed by atoms with E-state index in [9.17, 15) is 14.7 Å². The van der Waals surface area contributed by atoms with Gasteiger partial charge in [-0.2, -0.15) is 0 Å². The van der Waals surface area contributed by atoms with Crippen molar-refractivity contribution in [2.45, 2.75) is 65.1 Å². The summed E-state index contributed by atoms with van der Waals surface area (Å²) >= 11 is 0. The minimum absolute atomic E-state index is 0.0142. The van der Waals surface area contributed by atoms with Crippen molar-refractivity contribution in [2.24, 2.45) is 29.1 Å². The normalized spacial score (nSPS) is 31.2. The summed E-state index contributed by atoms with van der Waals surface area (Å²) in [5.41, 5.74) is 1.52. The van der Waals surface area contributed by atoms with Crippen LogP contribution >= 0.6 is 0 Å². The Kier molecular flexibility index (Phi) is 7.60. The monoisotopic (exact) mass is 477 g/mol. The van der Waals surface area contributed by atoms with Crippen molar-refractivity contribution in [3.8, 4) is 0 Å². The Morgan fingerprint density at radius 1 is 1.14 bits per heavy atom. The van der Waals surface area contributed by atoms with Gasteiger partial charge >= 0.3 is 0 Å². The third-order valence-corrected chi connectivity index (χ3v) is 8.77. The van der Waals surface area contributed by atoms with Crippen molar-refractivity contribution in [3.05, 3.63) is 66.0 Å². The third-order valence-electron chi connectivity index (χ3n) is 8.77. The van der Waals surface area contributed by atoms with Crippen LogP contribution < -0.4 is 5.32 Å². The number of hydrogen-bond donors (Lipinski definition) is 2. The van der Waals surface area contributed by atoms with Crippen LogP contribution in [0.4, 0.5) is 0 Å². The lowest BCUT2D eigenvalue weighted by Gasteiger charge is -2.56. The van der Waals surface area contributed by atoms with Gasteiger partial charge in [0.1, 0.15) is 5.69 Å². The lowest BCUT2D eigenvalue weighted by atomic mass is 9.51. The van der Waals surface area contributed by atoms with Gasteiger partial charge in [0.25, 0.3) is 5.91 Å². The number of aromatic nitrogens is 1. The van der Waals surface area contributed by atoms with E-state index < -0.39 is 6.10 Å². The fraction of sp³-hybridized carbons (Fsp3) is 0.552. The first-order chi connectivity index (χ1) is 16.7. The highest BCUT2D eigenvalue weighted by Gasteiger charge is 2.54. The number of pyridine rings is 1. The maximum absolute atomic E-state index is 13.3. The van der Waals surface area contributed by atoms with Gasteiger partial charge in [0.15, 0.2) is 0 Å². The second-order valence-corrected chi connectivity index (χ2v) is 11.0. The molecule has 0 bridgehead atoms. The third kappa shape index (κ3) is 5.27. The standard InChI is InChI=1S/C29H39N3O3/c1-19(28(35)32(4)18-21-10-6-5-7-11-21)22-13-15-29(3)16-14-23(20(2)25(29)26(22)33)31-27(34)24-12-8-9-17-30-24/h5-12,17,19-20,22-23,25-26,33H,13-16,18H2,1-4H3,(H,31,34)/t19-,20+,22+,23-,25+,26-,29-/m0/s1. The van der Waals surface area contributed by atoms with Crippen LogP contribution in [0.15, 0.2) is 54.7 Å². The summed E-state index contributed by atoms with van der Waals surface area (Å²) in [7, 11) is 1.84. The summed E-state index contributed by atoms with van der Waals surface area (Å²) in [6.45, 7) is 6.95. The van der Waals surface area contributed by atoms with E-state index >= 15 is 0 Å². The molecular formula is C29H39N3O3. The van der Waals surface area contributed by atoms with E-state index in [4.69, 9.17) is 0 Å². The van der Waals surface area contributed by atoms with E-state index in [1.807, 2.05) is 50.4 Å². The molecule has 1 aromatic carbocycles. The van der Waals surface area contributed by atoms with Crippen molar-refractivity contribution >= 4 is 11.8 Å². The number of fused-ring (bicyclic) bond motifs is 1. The molecular weight excluding hydrogens is 438 g/mol. The molecule has 4 rings (SSSR count). The van der Waals surface area contributed by atoms with E-state index in [2.05, 4.69) is 24.1 Å². The average Bonchev–Trinajstić information content (AvgIpc) is 2.86. The number of benzene rings is 1. The van der Waals surface area contributed by atoms with E-state index in [0.717, 1.165) is 31.2 Å². The van der Waals surface area contributed by atoms with Gasteiger partial charge in [-0.25, -0.2) is 0 Å². The number of nitrogens with zero attached hydrogens (tertiary/aromatic N) is 2. The molecule has 2 aliphatic carbocycles. The molecule has 0 saturated heterocycles. The molecule has 2 saturated carbocycles. The van der Waals surface area contributed by atoms with Crippen LogP contribution in [0.2, 0.25) is 0 Å². The maximum Gasteiger partial charge on any atom is 0.270 e. The Balaban J connectivity index is 1.45. The average molecular weight is 478 g/mol. The van der Waals surface area contributed by atoms with Crippen molar-refractivity contribution < 1.29 is 14.7 Å². The van der Waals surface area contributed by atoms with E-state index in [-0.39, 0.29) is 46.9 Å². The predicted molar refractivity (Wildman–Crippen MR) is 136 cm³/mol. The summed E-state index contributed by atoms with van der Waals surface area (Å²) < 4.78 is 0. The maximum atomic E-state index is 13.3. The largest absolute Gasteiger partial charge is 0.392 e. The molecule has 6 heteroatoms. The first-order valence-corrected chi connectivity index (χ1v) is 12.9. The fourth-order valence-corrected chi connectivity index (χ4v) is 6.70. The molecule has 7 atom stereocenters. The minimum atomic E-state index is -0.581. The van der Waals surface area contributed by atoms with Crippen molar-refractivity contribution in [1.82, 2.24) is 15.2 Å². The van der Waals surface area contributed by atoms with Crippen LogP contribution in [-0.4, -0.2) is 46.0 Å². The second kappa shape index (κ2) is 10.5. The Morgan fingerprint density at radius 2 is 1.83 bits per heavy atom. The molecule has 0 unspecified atom stereocenters. The molecule has 0 spiro atoms. The van der Waals surface area contributed by atoms with Crippen LogP contribution in [-0.2, 0) is 11.3 Å². The van der Waals surface area contributed by atoms with Gasteiger partial charge < -0.3 is 15.3 Å². The lowest BCUT2D eigenvalue weighted by Crippen LogP contribution is -2.58. The van der Waals surface area contributed by atoms with Crippen LogP contribution in [0.1, 0.15) is 62.5 Å². The molecule has 188 valence electrons. The second-order valence-electron chi connectivity index (χ2n) is 11.0. The quantitative estimate of drug-likeness (QED) is 0.650. The molecule has 1 heterocycles. The van der Waals surface area contributed by atoms with E-state index in [1.54, 1.807) is 23.2 Å². The number of aliphatic hydroxyl groups excluding tert-OH is 1. The lowest BCUT2D eigenvalue weighted by molar-refractivity contribution is -0.149. The van der Waals surface area contributed by atoms with Gasteiger partial charge in [0.05, 0.1) is 6.10 Å². The van der Waals surface area contributed by atoms with Gasteiger partial charge in [-0.05, 0) is 66.5 Å². The molecule has 2 aromatic rings. The number of carbonyl (C=O) groups is 2. The SMILES string of the molecule is C[C@H]1[C@@H]2[C@@H](O)[C@@H]([C@H](C)C(=O)N(C)Cc3ccccc3)CC[C@@]2(C)CC[C@@H]1NC(=O)c1ccccn1. The molecule has 2 N–H and O–H groups in total. The van der Waals surface area contributed by atoms with Crippen molar-refractivity contribution in [2.75, 3.05) is 7.05 Å². The van der Waals surface area contributed by atoms with E-state index in [0.29, 0.717) is 12.2 Å². The number of rotatable bonds is 6. The van der Waals surface area contributed by atoms with Crippen molar-refractivity contribution in [1.29, 1.82) is 0 Å². The van der Waals surface area contributed by atoms with E-state index in [1.165, 1.54) is 0 Å². The minimum Gasteiger partial charge on any atom is -0.392 e. The summed E-state index contributed by atoms with van der Waals surface area (Å²) in [4.78, 5) is 32.1. The first-order valence-electron chi connectivity index (χ1n) is 12.9. The zero-order valence-electron chi connectivity index (χ0n) is 21.4. The van der Waals surface area contributed by atoms with Crippen LogP contribution in [0.5, 0.6) is 0 Å². The van der Waals surface area contributed by atoms with Gasteiger partial charge in [-0.15, -0.1) is 0 Å². The summed E-state index contributed by atoms with van der Waals surface area (Å²) in [5.74, 6) is -0.323. The number of hydrogen-bond acceptors (Lipinski definition) is 4. The van der Waals surface area contributed by atoms with Crippen LogP contribution in [0.25, 0.3) is 0 Å². The van der Waals surface area contributed by atoms with Gasteiger partial charge in [-0.1, -0.05) is 57.2 Å². The topological polar surface area (TPSA) is 82.5 Å². The zero-order valence-corrected chi connectivity index (χ0v) is 21.4. The number of nitrogens with one attached hydrogen (secondary N) is 1. The van der Waals surface area contributed by atoms with Crippen molar-refractivity contribution in [3.63, 3.8) is 0 Å². The molecule has 0 radical (unpaired) electrons. The molecule has 2 aliphatic rings. The molecule has 0 aliphatic heterocycles. The Hall–Kier alpha value is -2.73. The highest BCUT2D eigenvalue weighted by molar-refractivity contribution is 5.92. The first kappa shape index (κ1) is 25.4. The zero-order chi connectivity index (χ0) is 25.2. The highest BCUT2D eigenvalue weighted by atomic mass is 16.3. The van der Waals surface area contributed by atoms with Gasteiger partial charge in [-0.3, -0.25) is 14.6 Å². The molecule has 6 nitrogen and oxygen atoms in total. The Morgan fingerprint density at radius 3 is 2.51 bits per heavy atom. The summed E-state index contributed by atoms with van der Waals surface area (Å²) in [5, 5.41) is 14.8. The predicted octanol–water partition coefficient (Wildman–Crippen LogP) is 4.30. The molecule has 1 aromatic heterocycles. The highest BCUT2D eigenvalue weighted by Crippen LogP contribution is 2.55. The van der Waals surface area contributed by atoms with Crippen LogP contribution in [0, 0.1) is 29.1 Å². The molecule has 35 heavy (non-hydrogen) atoms. The Labute approximate surface area is 209 Å². The Bertz CT molecular complexity index is 1010. The summed E-state index contributed by atoms with van der Waals surface area (Å²) in [6, 6.07) is 15.3. The fourth-order valence-electron chi connectivity index (χ4n) is 6.70. The smallest absolute Gasteiger partial charge is 0.270 e. The van der Waals surface area contributed by atoms with Gasteiger partial charge in [0.2, 0.25) is 5.91 Å². The van der Waals surface area contributed by atoms with Gasteiger partial charge in [0, 0.05) is 31.7 Å². The molecule has 2 fully saturated rings. The van der Waals surface area contributed by atoms with Crippen LogP contribution in [0.3, 0.4) is 0 Å². The number of carbonyl (C=O) groups excluding carboxylic acids is 2. The number of amides is 2. The molecule has 2 amide bonds. The summed E-state index contributed by atoms with van der Waals surface area (Å²) in [6.07, 6.45) is 4.72. The number of aliphatic hydroxyl groups is 1.